The molecule has 0 bridgehead atoms. The predicted octanol–water partition coefficient (Wildman–Crippen LogP) is 1.63. The number of carbonyl (C=O) groups is 2. The summed E-state index contributed by atoms with van der Waals surface area (Å²) in [6, 6.07) is 2.38. The number of aromatic nitrogens is 1. The zero-order chi connectivity index (χ0) is 17.6. The standard InChI is InChI=1S/C14H12N4O6S/c19-12(15-13-8-5-25-6-9(8)16-24-13)7-3-17(4-7)14(20)10-1-2-11(23-10)18(21)22/h1-2,7H,3-6H2,(H,15,19). The predicted molar refractivity (Wildman–Crippen MR) is 84.9 cm³/mol. The van der Waals surface area contributed by atoms with Crippen LogP contribution in [0.3, 0.4) is 0 Å². The molecule has 4 rings (SSSR count). The van der Waals surface area contributed by atoms with Crippen molar-refractivity contribution >= 4 is 35.3 Å². The van der Waals surface area contributed by atoms with Crippen LogP contribution in [0, 0.1) is 16.0 Å². The second-order valence-corrected chi connectivity index (χ2v) is 6.71. The quantitative estimate of drug-likeness (QED) is 0.639. The lowest BCUT2D eigenvalue weighted by molar-refractivity contribution is -0.402. The fraction of sp³-hybridized carbons (Fsp3) is 0.357. The van der Waals surface area contributed by atoms with Gasteiger partial charge < -0.3 is 13.8 Å². The van der Waals surface area contributed by atoms with Crippen LogP contribution in [0.2, 0.25) is 0 Å². The molecule has 25 heavy (non-hydrogen) atoms. The summed E-state index contributed by atoms with van der Waals surface area (Å²) in [4.78, 5) is 35.6. The number of rotatable bonds is 4. The summed E-state index contributed by atoms with van der Waals surface area (Å²) in [5.41, 5.74) is 1.76. The monoisotopic (exact) mass is 364 g/mol. The molecule has 2 aromatic rings. The number of amides is 2. The number of anilines is 1. The molecule has 1 fully saturated rings. The summed E-state index contributed by atoms with van der Waals surface area (Å²) in [6.45, 7) is 0.425. The van der Waals surface area contributed by atoms with Gasteiger partial charge in [0.1, 0.15) is 4.92 Å². The average molecular weight is 364 g/mol. The zero-order valence-corrected chi connectivity index (χ0v) is 13.6. The minimum atomic E-state index is -0.711. The van der Waals surface area contributed by atoms with E-state index in [1.807, 2.05) is 0 Å². The van der Waals surface area contributed by atoms with Crippen molar-refractivity contribution in [3.63, 3.8) is 0 Å². The maximum absolute atomic E-state index is 12.2. The minimum absolute atomic E-state index is 0.115. The number of fused-ring (bicyclic) bond motifs is 1. The van der Waals surface area contributed by atoms with Gasteiger partial charge in [-0.05, 0) is 6.07 Å². The number of carbonyl (C=O) groups excluding carboxylic acids is 2. The Bertz CT molecular complexity index is 869. The van der Waals surface area contributed by atoms with Crippen LogP contribution in [0.15, 0.2) is 21.1 Å². The van der Waals surface area contributed by atoms with E-state index in [1.165, 1.54) is 11.0 Å². The van der Waals surface area contributed by atoms with Gasteiger partial charge in [0, 0.05) is 24.6 Å². The molecule has 11 heteroatoms. The van der Waals surface area contributed by atoms with E-state index in [-0.39, 0.29) is 30.7 Å². The first-order valence-corrected chi connectivity index (χ1v) is 8.58. The Morgan fingerprint density at radius 1 is 1.36 bits per heavy atom. The van der Waals surface area contributed by atoms with Gasteiger partial charge in [0.15, 0.2) is 5.76 Å². The molecule has 1 N–H and O–H groups in total. The molecule has 4 heterocycles. The molecule has 0 aromatic carbocycles. The lowest BCUT2D eigenvalue weighted by Gasteiger charge is -2.37. The van der Waals surface area contributed by atoms with Gasteiger partial charge in [0.2, 0.25) is 11.8 Å². The minimum Gasteiger partial charge on any atom is -0.395 e. The molecule has 0 saturated carbocycles. The van der Waals surface area contributed by atoms with Crippen LogP contribution in [0.5, 0.6) is 0 Å². The number of likely N-dealkylation sites (tertiary alicyclic amines) is 1. The normalized spacial score (nSPS) is 16.4. The molecular weight excluding hydrogens is 352 g/mol. The molecule has 0 radical (unpaired) electrons. The highest BCUT2D eigenvalue weighted by Crippen LogP contribution is 2.35. The summed E-state index contributed by atoms with van der Waals surface area (Å²) in [5, 5.41) is 17.2. The van der Waals surface area contributed by atoms with Crippen LogP contribution < -0.4 is 5.32 Å². The van der Waals surface area contributed by atoms with Gasteiger partial charge in [-0.1, -0.05) is 5.16 Å². The average Bonchev–Trinajstić information content (AvgIpc) is 3.23. The Kier molecular flexibility index (Phi) is 3.71. The third-order valence-electron chi connectivity index (χ3n) is 4.11. The molecular formula is C14H12N4O6S. The molecule has 1 saturated heterocycles. The first-order valence-electron chi connectivity index (χ1n) is 7.42. The smallest absolute Gasteiger partial charge is 0.395 e. The first-order chi connectivity index (χ1) is 12.0. The van der Waals surface area contributed by atoms with E-state index in [1.54, 1.807) is 11.8 Å². The van der Waals surface area contributed by atoms with Crippen molar-refractivity contribution in [3.8, 4) is 0 Å². The lowest BCUT2D eigenvalue weighted by Crippen LogP contribution is -2.54. The Hall–Kier alpha value is -2.82. The Balaban J connectivity index is 1.34. The number of furan rings is 1. The van der Waals surface area contributed by atoms with Gasteiger partial charge >= 0.3 is 5.88 Å². The number of hydrogen-bond acceptors (Lipinski definition) is 8. The molecule has 0 spiro atoms. The number of thioether (sulfide) groups is 1. The lowest BCUT2D eigenvalue weighted by atomic mass is 9.98. The zero-order valence-electron chi connectivity index (χ0n) is 12.8. The summed E-state index contributed by atoms with van der Waals surface area (Å²) in [6.07, 6.45) is 0. The van der Waals surface area contributed by atoms with Crippen LogP contribution in [0.25, 0.3) is 0 Å². The molecule has 2 aromatic heterocycles. The molecule has 2 aliphatic rings. The van der Waals surface area contributed by atoms with Crippen molar-refractivity contribution in [3.05, 3.63) is 39.3 Å². The SMILES string of the molecule is O=C(Nc1onc2c1CSC2)C1CN(C(=O)c2ccc([N+](=O)[O-])o2)C1. The number of hydrogen-bond donors (Lipinski definition) is 1. The van der Waals surface area contributed by atoms with Crippen molar-refractivity contribution in [2.75, 3.05) is 18.4 Å². The highest BCUT2D eigenvalue weighted by molar-refractivity contribution is 7.98. The highest BCUT2D eigenvalue weighted by atomic mass is 32.2. The summed E-state index contributed by atoms with van der Waals surface area (Å²) >= 11 is 1.70. The van der Waals surface area contributed by atoms with Gasteiger partial charge in [-0.25, -0.2) is 0 Å². The maximum atomic E-state index is 12.2. The summed E-state index contributed by atoms with van der Waals surface area (Å²) in [5.74, 6) is 0.196. The molecule has 2 amide bonds. The summed E-state index contributed by atoms with van der Waals surface area (Å²) < 4.78 is 10.0. The van der Waals surface area contributed by atoms with Gasteiger partial charge in [-0.3, -0.25) is 25.0 Å². The van der Waals surface area contributed by atoms with Crippen LogP contribution in [0.1, 0.15) is 21.8 Å². The molecule has 0 atom stereocenters. The molecule has 0 unspecified atom stereocenters. The van der Waals surface area contributed by atoms with Crippen molar-refractivity contribution in [1.29, 1.82) is 0 Å². The molecule has 2 aliphatic heterocycles. The second kappa shape index (κ2) is 5.92. The van der Waals surface area contributed by atoms with E-state index in [0.29, 0.717) is 5.88 Å². The van der Waals surface area contributed by atoms with E-state index in [0.717, 1.165) is 28.8 Å². The van der Waals surface area contributed by atoms with Crippen LogP contribution >= 0.6 is 11.8 Å². The fourth-order valence-corrected chi connectivity index (χ4v) is 3.70. The Morgan fingerprint density at radius 3 is 2.88 bits per heavy atom. The van der Waals surface area contributed by atoms with Crippen LogP contribution in [-0.4, -0.2) is 39.9 Å². The van der Waals surface area contributed by atoms with Crippen LogP contribution in [0.4, 0.5) is 11.8 Å². The van der Waals surface area contributed by atoms with Crippen molar-refractivity contribution in [2.24, 2.45) is 5.92 Å². The van der Waals surface area contributed by atoms with Gasteiger partial charge in [-0.15, -0.1) is 0 Å². The topological polar surface area (TPSA) is 132 Å². The maximum Gasteiger partial charge on any atom is 0.433 e. The molecule has 130 valence electrons. The van der Waals surface area contributed by atoms with Crippen LogP contribution in [-0.2, 0) is 16.3 Å². The third-order valence-corrected chi connectivity index (χ3v) is 5.08. The van der Waals surface area contributed by atoms with Crippen molar-refractivity contribution in [2.45, 2.75) is 11.5 Å². The Labute approximate surface area is 144 Å². The highest BCUT2D eigenvalue weighted by Gasteiger charge is 2.38. The Morgan fingerprint density at radius 2 is 2.16 bits per heavy atom. The third kappa shape index (κ3) is 2.76. The van der Waals surface area contributed by atoms with E-state index in [2.05, 4.69) is 10.5 Å². The van der Waals surface area contributed by atoms with Crippen molar-refractivity contribution < 1.29 is 23.5 Å². The summed E-state index contributed by atoms with van der Waals surface area (Å²) in [7, 11) is 0. The van der Waals surface area contributed by atoms with E-state index in [9.17, 15) is 19.7 Å². The largest absolute Gasteiger partial charge is 0.433 e. The van der Waals surface area contributed by atoms with E-state index < -0.39 is 16.7 Å². The number of nitrogens with zero attached hydrogens (tertiary/aromatic N) is 3. The van der Waals surface area contributed by atoms with E-state index >= 15 is 0 Å². The fourth-order valence-electron chi connectivity index (χ4n) is 2.67. The van der Waals surface area contributed by atoms with Gasteiger partial charge in [0.25, 0.3) is 5.91 Å². The molecule has 10 nitrogen and oxygen atoms in total. The second-order valence-electron chi connectivity index (χ2n) is 5.72. The number of nitrogens with one attached hydrogen (secondary N) is 1. The first kappa shape index (κ1) is 15.7. The van der Waals surface area contributed by atoms with E-state index in [4.69, 9.17) is 8.94 Å². The van der Waals surface area contributed by atoms with Crippen molar-refractivity contribution in [1.82, 2.24) is 10.1 Å². The number of nitro groups is 1. The van der Waals surface area contributed by atoms with Gasteiger partial charge in [-0.2, -0.15) is 11.8 Å². The van der Waals surface area contributed by atoms with Gasteiger partial charge in [0.05, 0.1) is 23.2 Å². The molecule has 0 aliphatic carbocycles.